The summed E-state index contributed by atoms with van der Waals surface area (Å²) in [6, 6.07) is 6.38. The number of aliphatic hydroxyl groups excluding tert-OH is 1. The molecule has 2 amide bonds. The van der Waals surface area contributed by atoms with Gasteiger partial charge in [0.15, 0.2) is 4.91 Å². The smallest absolute Gasteiger partial charge is 0.349 e. The van der Waals surface area contributed by atoms with Gasteiger partial charge in [0, 0.05) is 11.9 Å². The molecule has 1 aliphatic heterocycles. The summed E-state index contributed by atoms with van der Waals surface area (Å²) in [6.45, 7) is 3.03. The zero-order chi connectivity index (χ0) is 15.6. The molecule has 0 unspecified atom stereocenters. The van der Waals surface area contributed by atoms with Crippen LogP contribution in [0.1, 0.15) is 34.6 Å². The Hall–Kier alpha value is -2.28. The molecule has 1 heterocycles. The second-order valence-corrected chi connectivity index (χ2v) is 5.13. The van der Waals surface area contributed by atoms with Crippen LogP contribution in [-0.2, 0) is 9.53 Å². The molecule has 1 aromatic carbocycles. The molecular weight excluding hydrogens is 294 g/mol. The van der Waals surface area contributed by atoms with Crippen LogP contribution in [0.2, 0.25) is 0 Å². The number of carbonyl (C=O) groups is 3. The van der Waals surface area contributed by atoms with Gasteiger partial charge < -0.3 is 9.84 Å². The number of ether oxygens (including phenoxy) is 1. The van der Waals surface area contributed by atoms with Crippen LogP contribution in [0.15, 0.2) is 34.9 Å². The van der Waals surface area contributed by atoms with Gasteiger partial charge in [-0.05, 0) is 26.0 Å². The van der Waals surface area contributed by atoms with Gasteiger partial charge in [0.2, 0.25) is 0 Å². The highest BCUT2D eigenvalue weighted by molar-refractivity contribution is 8.02. The Morgan fingerprint density at radius 1 is 1.24 bits per heavy atom. The maximum absolute atomic E-state index is 12.2. The van der Waals surface area contributed by atoms with Crippen LogP contribution in [0.5, 0.6) is 0 Å². The number of imide groups is 1. The first kappa shape index (κ1) is 15.1. The molecule has 0 saturated heterocycles. The van der Waals surface area contributed by atoms with Crippen molar-refractivity contribution < 1.29 is 24.2 Å². The quantitative estimate of drug-likeness (QED) is 0.302. The van der Waals surface area contributed by atoms with Crippen molar-refractivity contribution in [1.82, 2.24) is 4.31 Å². The molecule has 0 saturated carbocycles. The highest BCUT2D eigenvalue weighted by atomic mass is 32.2. The normalized spacial score (nSPS) is 14.9. The molecule has 1 aliphatic rings. The maximum Gasteiger partial charge on any atom is 0.349 e. The molecule has 0 spiro atoms. The van der Waals surface area contributed by atoms with Gasteiger partial charge in [-0.15, -0.1) is 0 Å². The van der Waals surface area contributed by atoms with Gasteiger partial charge in [-0.2, -0.15) is 0 Å². The molecule has 0 radical (unpaired) electrons. The minimum Gasteiger partial charge on any atom is -0.511 e. The van der Waals surface area contributed by atoms with Crippen molar-refractivity contribution in [2.24, 2.45) is 0 Å². The number of esters is 1. The van der Waals surface area contributed by atoms with E-state index in [1.54, 1.807) is 19.1 Å². The second kappa shape index (κ2) is 6.01. The van der Waals surface area contributed by atoms with Crippen molar-refractivity contribution in [3.63, 3.8) is 0 Å². The Morgan fingerprint density at radius 2 is 1.76 bits per heavy atom. The predicted octanol–water partition coefficient (Wildman–Crippen LogP) is 2.28. The third-order valence-corrected chi connectivity index (χ3v) is 3.89. The predicted molar refractivity (Wildman–Crippen MR) is 76.5 cm³/mol. The van der Waals surface area contributed by atoms with Gasteiger partial charge in [0.1, 0.15) is 5.76 Å². The number of rotatable bonds is 4. The lowest BCUT2D eigenvalue weighted by Crippen LogP contribution is -2.24. The number of allylic oxidation sites excluding steroid dienone is 1. The van der Waals surface area contributed by atoms with Crippen molar-refractivity contribution in [2.75, 3.05) is 6.61 Å². The third-order valence-electron chi connectivity index (χ3n) is 2.73. The zero-order valence-electron chi connectivity index (χ0n) is 11.5. The molecule has 21 heavy (non-hydrogen) atoms. The molecule has 6 nitrogen and oxygen atoms in total. The van der Waals surface area contributed by atoms with E-state index in [0.717, 1.165) is 4.31 Å². The minimum atomic E-state index is -0.779. The number of carbonyl (C=O) groups excluding carboxylic acids is 3. The number of nitrogens with zero attached hydrogens (tertiary/aromatic N) is 1. The van der Waals surface area contributed by atoms with Crippen LogP contribution in [-0.4, -0.2) is 33.8 Å². The van der Waals surface area contributed by atoms with Gasteiger partial charge in [0.25, 0.3) is 11.8 Å². The third kappa shape index (κ3) is 2.78. The molecular formula is C14H13NO5S. The summed E-state index contributed by atoms with van der Waals surface area (Å²) >= 11 is 0.571. The van der Waals surface area contributed by atoms with E-state index in [1.807, 2.05) is 0 Å². The van der Waals surface area contributed by atoms with Crippen LogP contribution in [0.25, 0.3) is 0 Å². The van der Waals surface area contributed by atoms with E-state index < -0.39 is 17.8 Å². The Labute approximate surface area is 125 Å². The fourth-order valence-electron chi connectivity index (χ4n) is 1.79. The van der Waals surface area contributed by atoms with E-state index in [4.69, 9.17) is 4.74 Å². The Kier molecular flexibility index (Phi) is 4.32. The van der Waals surface area contributed by atoms with E-state index in [2.05, 4.69) is 0 Å². The second-order valence-electron chi connectivity index (χ2n) is 4.18. The molecule has 0 aliphatic carbocycles. The Balaban J connectivity index is 2.29. The fraction of sp³-hybridized carbons (Fsp3) is 0.214. The van der Waals surface area contributed by atoms with Gasteiger partial charge in [-0.25, -0.2) is 9.10 Å². The van der Waals surface area contributed by atoms with Crippen molar-refractivity contribution >= 4 is 29.7 Å². The number of hydrogen-bond donors (Lipinski definition) is 1. The Bertz CT molecular complexity index is 614. The monoisotopic (exact) mass is 307 g/mol. The molecule has 7 heteroatoms. The van der Waals surface area contributed by atoms with Crippen LogP contribution in [0.4, 0.5) is 0 Å². The molecule has 0 atom stereocenters. The number of benzene rings is 1. The van der Waals surface area contributed by atoms with Crippen LogP contribution in [0.3, 0.4) is 0 Å². The number of amides is 2. The molecule has 0 bridgehead atoms. The molecule has 110 valence electrons. The fourth-order valence-corrected chi connectivity index (χ4v) is 2.60. The standard InChI is InChI=1S/C14H13NO5S/c1-3-20-14(19)11(8(2)16)21-15-12(17)9-6-4-5-7-10(9)13(15)18/h4-7,16H,3H2,1-2H3/b11-8+. The minimum absolute atomic E-state index is 0.123. The summed E-state index contributed by atoms with van der Waals surface area (Å²) in [4.78, 5) is 35.9. The van der Waals surface area contributed by atoms with Crippen LogP contribution in [0, 0.1) is 0 Å². The summed E-state index contributed by atoms with van der Waals surface area (Å²) in [7, 11) is 0. The van der Waals surface area contributed by atoms with E-state index in [-0.39, 0.29) is 28.4 Å². The first-order valence-electron chi connectivity index (χ1n) is 6.20. The lowest BCUT2D eigenvalue weighted by atomic mass is 10.1. The Morgan fingerprint density at radius 3 is 2.19 bits per heavy atom. The van der Waals surface area contributed by atoms with Crippen molar-refractivity contribution in [3.05, 3.63) is 46.1 Å². The lowest BCUT2D eigenvalue weighted by molar-refractivity contribution is -0.137. The zero-order valence-corrected chi connectivity index (χ0v) is 12.3. The summed E-state index contributed by atoms with van der Waals surface area (Å²) in [5, 5.41) is 9.57. The van der Waals surface area contributed by atoms with Gasteiger partial charge in [-0.3, -0.25) is 9.59 Å². The number of hydrogen-bond acceptors (Lipinski definition) is 6. The summed E-state index contributed by atoms with van der Waals surface area (Å²) in [5.41, 5.74) is 0.544. The van der Waals surface area contributed by atoms with Gasteiger partial charge in [-0.1, -0.05) is 12.1 Å². The lowest BCUT2D eigenvalue weighted by Gasteiger charge is -2.14. The maximum atomic E-state index is 12.2. The van der Waals surface area contributed by atoms with Gasteiger partial charge >= 0.3 is 5.97 Å². The average Bonchev–Trinajstić information content (AvgIpc) is 2.69. The largest absolute Gasteiger partial charge is 0.511 e. The highest BCUT2D eigenvalue weighted by Gasteiger charge is 2.38. The first-order chi connectivity index (χ1) is 9.97. The van der Waals surface area contributed by atoms with Crippen molar-refractivity contribution in [1.29, 1.82) is 0 Å². The number of fused-ring (bicyclic) bond motifs is 1. The summed E-state index contributed by atoms with van der Waals surface area (Å²) < 4.78 is 5.64. The van der Waals surface area contributed by atoms with E-state index in [9.17, 15) is 19.5 Å². The topological polar surface area (TPSA) is 83.9 Å². The van der Waals surface area contributed by atoms with Gasteiger partial charge in [0.05, 0.1) is 17.7 Å². The average molecular weight is 307 g/mol. The van der Waals surface area contributed by atoms with Crippen LogP contribution >= 0.6 is 11.9 Å². The van der Waals surface area contributed by atoms with E-state index in [1.165, 1.54) is 19.1 Å². The van der Waals surface area contributed by atoms with Crippen molar-refractivity contribution in [3.8, 4) is 0 Å². The van der Waals surface area contributed by atoms with E-state index in [0.29, 0.717) is 11.9 Å². The SMILES string of the molecule is CCOC(=O)/C(SN1C(=O)c2ccccc2C1=O)=C(/C)O. The summed E-state index contributed by atoms with van der Waals surface area (Å²) in [5.74, 6) is -2.14. The molecule has 1 N–H and O–H groups in total. The van der Waals surface area contributed by atoms with Crippen LogP contribution < -0.4 is 0 Å². The number of aliphatic hydroxyl groups is 1. The summed E-state index contributed by atoms with van der Waals surface area (Å²) in [6.07, 6.45) is 0. The molecule has 0 aromatic heterocycles. The van der Waals surface area contributed by atoms with E-state index >= 15 is 0 Å². The molecule has 1 aromatic rings. The highest BCUT2D eigenvalue weighted by Crippen LogP contribution is 2.33. The van der Waals surface area contributed by atoms with Crippen molar-refractivity contribution in [2.45, 2.75) is 13.8 Å². The first-order valence-corrected chi connectivity index (χ1v) is 6.97. The molecule has 0 fully saturated rings. The molecule has 2 rings (SSSR count).